The van der Waals surface area contributed by atoms with Crippen molar-refractivity contribution in [2.24, 2.45) is 0 Å². The monoisotopic (exact) mass is 348 g/mol. The molecule has 0 spiro atoms. The largest absolute Gasteiger partial charge is 0.436 e. The van der Waals surface area contributed by atoms with Crippen molar-refractivity contribution in [3.63, 3.8) is 0 Å². The van der Waals surface area contributed by atoms with E-state index in [1.54, 1.807) is 0 Å². The Morgan fingerprint density at radius 1 is 0.714 bits per heavy atom. The van der Waals surface area contributed by atoms with Crippen LogP contribution in [0.2, 0.25) is 0 Å². The van der Waals surface area contributed by atoms with E-state index in [0.717, 1.165) is 0 Å². The van der Waals surface area contributed by atoms with Crippen LogP contribution in [0.5, 0.6) is 0 Å². The van der Waals surface area contributed by atoms with E-state index in [-0.39, 0.29) is 0 Å². The van der Waals surface area contributed by atoms with Gasteiger partial charge in [0, 0.05) is 0 Å². The van der Waals surface area contributed by atoms with E-state index in [1.807, 2.05) is 0 Å². The van der Waals surface area contributed by atoms with Gasteiger partial charge in [-0.05, 0) is 0 Å². The summed E-state index contributed by atoms with van der Waals surface area (Å²) in [5.41, 5.74) is -3.39. The highest BCUT2D eigenvalue weighted by Crippen LogP contribution is 2.48. The molecule has 13 heteroatoms. The van der Waals surface area contributed by atoms with Gasteiger partial charge in [0.15, 0.2) is 23.3 Å². The summed E-state index contributed by atoms with van der Waals surface area (Å²) in [6, 6.07) is 0. The van der Waals surface area contributed by atoms with Gasteiger partial charge in [0.25, 0.3) is 0 Å². The maximum Gasteiger partial charge on any atom is 0.436 e. The summed E-state index contributed by atoms with van der Waals surface area (Å²) < 4.78 is 144. The molecule has 0 bridgehead atoms. The van der Waals surface area contributed by atoms with Gasteiger partial charge in [-0.25, -0.2) is 22.0 Å². The van der Waals surface area contributed by atoms with Crippen LogP contribution in [-0.2, 0) is 16.0 Å². The molecule has 0 aliphatic heterocycles. The van der Waals surface area contributed by atoms with Crippen molar-refractivity contribution in [2.45, 2.75) is 11.2 Å². The van der Waals surface area contributed by atoms with Crippen LogP contribution in [0, 0.1) is 29.1 Å². The lowest BCUT2D eigenvalue weighted by Crippen LogP contribution is -2.46. The van der Waals surface area contributed by atoms with Gasteiger partial charge in [-0.2, -0.15) is 26.0 Å². The Morgan fingerprint density at radius 3 is 1.29 bits per heavy atom. The van der Waals surface area contributed by atoms with Gasteiger partial charge in [0.05, 0.1) is 0 Å². The van der Waals surface area contributed by atoms with Crippen LogP contribution in [-0.4, -0.2) is 18.2 Å². The number of hydrogen-bond acceptors (Lipinski definition) is 2. The lowest BCUT2D eigenvalue weighted by molar-refractivity contribution is -0.171. The molecule has 0 aliphatic rings. The Bertz CT molecular complexity index is 668. The van der Waals surface area contributed by atoms with Gasteiger partial charge in [-0.15, -0.1) is 0 Å². The first-order chi connectivity index (χ1) is 9.18. The SMILES string of the molecule is O=S(=O)(O)C(F)(F)C(F)(F)c1c(F)c(F)c(F)c(F)c1F. The van der Waals surface area contributed by atoms with Crippen LogP contribution in [0.1, 0.15) is 5.56 Å². The molecule has 1 rings (SSSR count). The van der Waals surface area contributed by atoms with E-state index in [1.165, 1.54) is 0 Å². The first-order valence-electron chi connectivity index (χ1n) is 4.42. The van der Waals surface area contributed by atoms with Gasteiger partial charge >= 0.3 is 21.3 Å². The number of rotatable bonds is 3. The Morgan fingerprint density at radius 2 is 1.00 bits per heavy atom. The van der Waals surface area contributed by atoms with Crippen LogP contribution >= 0.6 is 0 Å². The molecular weight excluding hydrogens is 347 g/mol. The predicted octanol–water partition coefficient (Wildman–Crippen LogP) is 2.95. The maximum atomic E-state index is 13.2. The second-order valence-electron chi connectivity index (χ2n) is 3.51. The van der Waals surface area contributed by atoms with Crippen LogP contribution in [0.25, 0.3) is 0 Å². The number of halogens is 9. The first kappa shape index (κ1) is 17.6. The van der Waals surface area contributed by atoms with E-state index in [4.69, 9.17) is 4.55 Å². The van der Waals surface area contributed by atoms with Crippen molar-refractivity contribution in [3.05, 3.63) is 34.6 Å². The van der Waals surface area contributed by atoms with Gasteiger partial charge in [-0.1, -0.05) is 0 Å². The Kier molecular flexibility index (Phi) is 3.98. The topological polar surface area (TPSA) is 54.4 Å². The normalized spacial score (nSPS) is 13.6. The molecule has 0 aromatic heterocycles. The molecule has 0 saturated heterocycles. The molecule has 1 aromatic carbocycles. The van der Waals surface area contributed by atoms with E-state index in [9.17, 15) is 47.9 Å². The molecule has 3 nitrogen and oxygen atoms in total. The third-order valence-electron chi connectivity index (χ3n) is 2.21. The van der Waals surface area contributed by atoms with Crippen LogP contribution < -0.4 is 0 Å². The maximum absolute atomic E-state index is 13.2. The van der Waals surface area contributed by atoms with Crippen LogP contribution in [0.3, 0.4) is 0 Å². The zero-order valence-corrected chi connectivity index (χ0v) is 9.89. The molecule has 0 fully saturated rings. The highest BCUT2D eigenvalue weighted by Gasteiger charge is 2.69. The summed E-state index contributed by atoms with van der Waals surface area (Å²) in [7, 11) is -6.93. The van der Waals surface area contributed by atoms with Crippen molar-refractivity contribution in [1.29, 1.82) is 0 Å². The van der Waals surface area contributed by atoms with Gasteiger partial charge in [0.2, 0.25) is 5.82 Å². The lowest BCUT2D eigenvalue weighted by Gasteiger charge is -2.25. The Hall–Kier alpha value is -1.50. The van der Waals surface area contributed by atoms with Crippen LogP contribution in [0.4, 0.5) is 39.5 Å². The van der Waals surface area contributed by atoms with Crippen molar-refractivity contribution in [2.75, 3.05) is 0 Å². The summed E-state index contributed by atoms with van der Waals surface area (Å²) >= 11 is 0. The molecule has 21 heavy (non-hydrogen) atoms. The minimum absolute atomic E-state index is 2.92. The van der Waals surface area contributed by atoms with E-state index >= 15 is 0 Å². The molecule has 0 unspecified atom stereocenters. The summed E-state index contributed by atoms with van der Waals surface area (Å²) in [5, 5.41) is -6.54. The number of alkyl halides is 4. The van der Waals surface area contributed by atoms with E-state index in [0.29, 0.717) is 0 Å². The first-order valence-corrected chi connectivity index (χ1v) is 5.86. The summed E-state index contributed by atoms with van der Waals surface area (Å²) in [5.74, 6) is -22.1. The Labute approximate surface area is 109 Å². The molecule has 1 aromatic rings. The van der Waals surface area contributed by atoms with Crippen LogP contribution in [0.15, 0.2) is 0 Å². The standard InChI is InChI=1S/C8HF9O3S/c9-2-1(3(10)5(12)6(13)4(2)11)7(14,15)8(16,17)21(18,19)20/h(H,18,19,20). The molecular formula is C8HF9O3S. The number of hydrogen-bond donors (Lipinski definition) is 1. The summed E-state index contributed by atoms with van der Waals surface area (Å²) in [4.78, 5) is 0. The third-order valence-corrected chi connectivity index (χ3v) is 3.12. The molecule has 0 radical (unpaired) electrons. The van der Waals surface area contributed by atoms with E-state index in [2.05, 4.69) is 0 Å². The quantitative estimate of drug-likeness (QED) is 0.396. The molecule has 0 atom stereocenters. The zero-order valence-electron chi connectivity index (χ0n) is 9.07. The minimum atomic E-state index is -6.93. The lowest BCUT2D eigenvalue weighted by atomic mass is 10.1. The highest BCUT2D eigenvalue weighted by molar-refractivity contribution is 7.86. The average molecular weight is 348 g/mol. The van der Waals surface area contributed by atoms with Crippen molar-refractivity contribution >= 4 is 10.1 Å². The average Bonchev–Trinajstić information content (AvgIpc) is 2.32. The molecule has 0 amide bonds. The van der Waals surface area contributed by atoms with Crippen molar-refractivity contribution in [3.8, 4) is 0 Å². The second kappa shape index (κ2) is 4.76. The molecule has 120 valence electrons. The third kappa shape index (κ3) is 2.33. The predicted molar refractivity (Wildman–Crippen MR) is 46.6 cm³/mol. The fourth-order valence-corrected chi connectivity index (χ4v) is 1.61. The second-order valence-corrected chi connectivity index (χ2v) is 4.97. The highest BCUT2D eigenvalue weighted by atomic mass is 32.2. The molecule has 1 N–H and O–H groups in total. The molecule has 0 aliphatic carbocycles. The summed E-state index contributed by atoms with van der Waals surface area (Å²) in [6.07, 6.45) is 0. The smallest absolute Gasteiger partial charge is 0.281 e. The Balaban J connectivity index is 3.85. The van der Waals surface area contributed by atoms with Crippen molar-refractivity contribution in [1.82, 2.24) is 0 Å². The fraction of sp³-hybridized carbons (Fsp3) is 0.250. The number of benzene rings is 1. The zero-order chi connectivity index (χ0) is 17.0. The van der Waals surface area contributed by atoms with E-state index < -0.39 is 55.9 Å². The fourth-order valence-electron chi connectivity index (χ4n) is 1.19. The van der Waals surface area contributed by atoms with Gasteiger partial charge in [0.1, 0.15) is 5.56 Å². The minimum Gasteiger partial charge on any atom is -0.281 e. The van der Waals surface area contributed by atoms with Gasteiger partial charge in [-0.3, -0.25) is 4.55 Å². The molecule has 0 saturated carbocycles. The molecule has 0 heterocycles. The van der Waals surface area contributed by atoms with Gasteiger partial charge < -0.3 is 0 Å². The van der Waals surface area contributed by atoms with Crippen molar-refractivity contribution < 1.29 is 52.5 Å². The summed E-state index contributed by atoms with van der Waals surface area (Å²) in [6.45, 7) is 0.